The molecule has 0 saturated carbocycles. The first-order valence-electron chi connectivity index (χ1n) is 8.45. The number of nitrogens with zero attached hydrogens (tertiary/aromatic N) is 1. The van der Waals surface area contributed by atoms with Crippen molar-refractivity contribution in [1.82, 2.24) is 9.97 Å². The van der Waals surface area contributed by atoms with E-state index in [9.17, 15) is 9.59 Å². The van der Waals surface area contributed by atoms with E-state index in [1.54, 1.807) is 13.8 Å². The second-order valence-electron chi connectivity index (χ2n) is 5.69. The maximum absolute atomic E-state index is 12.5. The summed E-state index contributed by atoms with van der Waals surface area (Å²) in [6, 6.07) is 7.66. The molecule has 3 rings (SSSR count). The van der Waals surface area contributed by atoms with Crippen molar-refractivity contribution in [3.8, 4) is 5.75 Å². The van der Waals surface area contributed by atoms with Crippen molar-refractivity contribution in [2.24, 2.45) is 0 Å². The van der Waals surface area contributed by atoms with E-state index in [0.717, 1.165) is 11.3 Å². The van der Waals surface area contributed by atoms with Crippen LogP contribution in [0.15, 0.2) is 29.1 Å². The van der Waals surface area contributed by atoms with Gasteiger partial charge in [0.25, 0.3) is 5.56 Å². The average Bonchev–Trinajstić information content (AvgIpc) is 2.94. The monoisotopic (exact) mass is 372 g/mol. The standard InChI is InChI=1S/C19H20N2O4S/c1-4-24-13-9-7-6-8-12(13)10-14-20-17(22)15-11(3)16(19(23)25-5-2)26-18(15)21-14/h6-9H,4-5,10H2,1-3H3,(H,20,21,22). The van der Waals surface area contributed by atoms with Crippen LogP contribution >= 0.6 is 11.3 Å². The van der Waals surface area contributed by atoms with Crippen LogP contribution in [-0.4, -0.2) is 29.2 Å². The van der Waals surface area contributed by atoms with E-state index in [1.165, 1.54) is 11.3 Å². The number of rotatable bonds is 6. The highest BCUT2D eigenvalue weighted by Crippen LogP contribution is 2.28. The molecule has 0 unspecified atom stereocenters. The van der Waals surface area contributed by atoms with Gasteiger partial charge in [0.15, 0.2) is 0 Å². The summed E-state index contributed by atoms with van der Waals surface area (Å²) in [4.78, 5) is 33.0. The van der Waals surface area contributed by atoms with Gasteiger partial charge in [0.2, 0.25) is 0 Å². The lowest BCUT2D eigenvalue weighted by Crippen LogP contribution is -2.12. The molecule has 7 heteroatoms. The van der Waals surface area contributed by atoms with Crippen LogP contribution in [0.25, 0.3) is 10.2 Å². The predicted molar refractivity (Wildman–Crippen MR) is 101 cm³/mol. The number of fused-ring (bicyclic) bond motifs is 1. The summed E-state index contributed by atoms with van der Waals surface area (Å²) in [5.74, 6) is 0.884. The van der Waals surface area contributed by atoms with Crippen molar-refractivity contribution in [3.63, 3.8) is 0 Å². The number of aromatic amines is 1. The normalized spacial score (nSPS) is 10.9. The molecule has 6 nitrogen and oxygen atoms in total. The maximum atomic E-state index is 12.5. The number of para-hydroxylation sites is 1. The zero-order chi connectivity index (χ0) is 18.7. The molecule has 2 aromatic heterocycles. The average molecular weight is 372 g/mol. The first kappa shape index (κ1) is 18.1. The number of ether oxygens (including phenoxy) is 2. The molecule has 0 aliphatic rings. The second kappa shape index (κ2) is 7.70. The topological polar surface area (TPSA) is 81.3 Å². The molecule has 0 aliphatic heterocycles. The lowest BCUT2D eigenvalue weighted by molar-refractivity contribution is 0.0531. The van der Waals surface area contributed by atoms with Crippen LogP contribution in [-0.2, 0) is 11.2 Å². The Labute approximate surface area is 154 Å². The molecule has 0 aliphatic carbocycles. The van der Waals surface area contributed by atoms with Crippen LogP contribution < -0.4 is 10.3 Å². The van der Waals surface area contributed by atoms with E-state index in [-0.39, 0.29) is 12.2 Å². The summed E-state index contributed by atoms with van der Waals surface area (Å²) in [5.41, 5.74) is 1.30. The van der Waals surface area contributed by atoms with Gasteiger partial charge in [-0.3, -0.25) is 4.79 Å². The van der Waals surface area contributed by atoms with E-state index >= 15 is 0 Å². The minimum absolute atomic E-state index is 0.247. The van der Waals surface area contributed by atoms with E-state index in [1.807, 2.05) is 31.2 Å². The zero-order valence-corrected chi connectivity index (χ0v) is 15.7. The quantitative estimate of drug-likeness (QED) is 0.670. The molecule has 2 heterocycles. The lowest BCUT2D eigenvalue weighted by Gasteiger charge is -2.09. The van der Waals surface area contributed by atoms with Gasteiger partial charge in [-0.15, -0.1) is 11.3 Å². The number of carbonyl (C=O) groups is 1. The van der Waals surface area contributed by atoms with E-state index < -0.39 is 5.97 Å². The van der Waals surface area contributed by atoms with Gasteiger partial charge in [-0.2, -0.15) is 0 Å². The molecular formula is C19H20N2O4S. The van der Waals surface area contributed by atoms with Gasteiger partial charge in [-0.1, -0.05) is 18.2 Å². The fourth-order valence-corrected chi connectivity index (χ4v) is 3.88. The summed E-state index contributed by atoms with van der Waals surface area (Å²) in [7, 11) is 0. The fourth-order valence-electron chi connectivity index (χ4n) is 2.79. The molecule has 0 atom stereocenters. The summed E-state index contributed by atoms with van der Waals surface area (Å²) in [6.07, 6.45) is 0.438. The van der Waals surface area contributed by atoms with Crippen LogP contribution in [0.5, 0.6) is 5.75 Å². The maximum Gasteiger partial charge on any atom is 0.348 e. The molecule has 1 aromatic carbocycles. The number of esters is 1. The molecule has 0 bridgehead atoms. The zero-order valence-electron chi connectivity index (χ0n) is 14.9. The van der Waals surface area contributed by atoms with Crippen LogP contribution in [0.2, 0.25) is 0 Å². The molecule has 26 heavy (non-hydrogen) atoms. The van der Waals surface area contributed by atoms with Crippen molar-refractivity contribution in [2.45, 2.75) is 27.2 Å². The Kier molecular flexibility index (Phi) is 5.37. The molecule has 0 saturated heterocycles. The first-order chi connectivity index (χ1) is 12.5. The first-order valence-corrected chi connectivity index (χ1v) is 9.26. The summed E-state index contributed by atoms with van der Waals surface area (Å²) in [5, 5.41) is 0.444. The molecule has 136 valence electrons. The second-order valence-corrected chi connectivity index (χ2v) is 6.69. The minimum atomic E-state index is -0.421. The summed E-state index contributed by atoms with van der Waals surface area (Å²) < 4.78 is 10.7. The van der Waals surface area contributed by atoms with Gasteiger partial charge in [-0.05, 0) is 32.4 Å². The third-order valence-electron chi connectivity index (χ3n) is 3.94. The predicted octanol–water partition coefficient (Wildman–Crippen LogP) is 3.46. The number of hydrogen-bond donors (Lipinski definition) is 1. The van der Waals surface area contributed by atoms with Gasteiger partial charge in [0, 0.05) is 12.0 Å². The van der Waals surface area contributed by atoms with Gasteiger partial charge in [0.05, 0.1) is 18.6 Å². The number of hydrogen-bond acceptors (Lipinski definition) is 6. The highest BCUT2D eigenvalue weighted by atomic mass is 32.1. The number of nitrogens with one attached hydrogen (secondary N) is 1. The number of thiophene rings is 1. The SMILES string of the molecule is CCOC(=O)c1sc2nc(Cc3ccccc3OCC)[nH]c(=O)c2c1C. The highest BCUT2D eigenvalue weighted by molar-refractivity contribution is 7.20. The van der Waals surface area contributed by atoms with E-state index in [0.29, 0.717) is 39.5 Å². The molecule has 3 aromatic rings. The van der Waals surface area contributed by atoms with Crippen LogP contribution in [0.3, 0.4) is 0 Å². The van der Waals surface area contributed by atoms with Gasteiger partial charge >= 0.3 is 5.97 Å². The van der Waals surface area contributed by atoms with Gasteiger partial charge in [-0.25, -0.2) is 9.78 Å². The van der Waals surface area contributed by atoms with Crippen molar-refractivity contribution in [1.29, 1.82) is 0 Å². The molecular weight excluding hydrogens is 352 g/mol. The van der Waals surface area contributed by atoms with Gasteiger partial charge in [0.1, 0.15) is 21.3 Å². The highest BCUT2D eigenvalue weighted by Gasteiger charge is 2.20. The molecule has 1 N–H and O–H groups in total. The Morgan fingerprint density at radius 3 is 2.73 bits per heavy atom. The van der Waals surface area contributed by atoms with Crippen molar-refractivity contribution in [3.05, 3.63) is 56.4 Å². The van der Waals surface area contributed by atoms with Crippen LogP contribution in [0.4, 0.5) is 0 Å². The summed E-state index contributed by atoms with van der Waals surface area (Å²) in [6.45, 7) is 6.27. The van der Waals surface area contributed by atoms with E-state index in [2.05, 4.69) is 9.97 Å². The fraction of sp³-hybridized carbons (Fsp3) is 0.316. The third kappa shape index (κ3) is 3.48. The molecule has 0 fully saturated rings. The minimum Gasteiger partial charge on any atom is -0.494 e. The molecule has 0 spiro atoms. The third-order valence-corrected chi connectivity index (χ3v) is 5.11. The van der Waals surface area contributed by atoms with Crippen molar-refractivity contribution >= 4 is 27.5 Å². The van der Waals surface area contributed by atoms with Crippen LogP contribution in [0.1, 0.15) is 40.5 Å². The number of H-pyrrole nitrogens is 1. The van der Waals surface area contributed by atoms with Gasteiger partial charge < -0.3 is 14.5 Å². The van der Waals surface area contributed by atoms with Crippen molar-refractivity contribution < 1.29 is 14.3 Å². The number of aryl methyl sites for hydroxylation is 1. The lowest BCUT2D eigenvalue weighted by atomic mass is 10.1. The van der Waals surface area contributed by atoms with E-state index in [4.69, 9.17) is 9.47 Å². The van der Waals surface area contributed by atoms with Crippen molar-refractivity contribution in [2.75, 3.05) is 13.2 Å². The Morgan fingerprint density at radius 1 is 1.23 bits per heavy atom. The summed E-state index contributed by atoms with van der Waals surface area (Å²) >= 11 is 1.19. The molecule has 0 radical (unpaired) electrons. The smallest absolute Gasteiger partial charge is 0.348 e. The largest absolute Gasteiger partial charge is 0.494 e. The number of benzene rings is 1. The molecule has 0 amide bonds. The van der Waals surface area contributed by atoms with Crippen LogP contribution in [0, 0.1) is 6.92 Å². The number of carbonyl (C=O) groups excluding carboxylic acids is 1. The Balaban J connectivity index is 2.02. The Morgan fingerprint density at radius 2 is 2.00 bits per heavy atom. The number of aromatic nitrogens is 2. The Hall–Kier alpha value is -2.67. The Bertz CT molecular complexity index is 1010.